The minimum atomic E-state index is -0.944. The zero-order valence-electron chi connectivity index (χ0n) is 15.8. The lowest BCUT2D eigenvalue weighted by molar-refractivity contribution is 0.0685. The largest absolute Gasteiger partial charge is 0.478 e. The van der Waals surface area contributed by atoms with E-state index in [1.165, 1.54) is 0 Å². The predicted molar refractivity (Wildman–Crippen MR) is 100 cm³/mol. The van der Waals surface area contributed by atoms with E-state index in [1.54, 1.807) is 19.1 Å². The van der Waals surface area contributed by atoms with Gasteiger partial charge in [-0.15, -0.1) is 0 Å². The molecule has 2 aromatic rings. The summed E-state index contributed by atoms with van der Waals surface area (Å²) in [7, 11) is 0. The van der Waals surface area contributed by atoms with Crippen molar-refractivity contribution in [3.63, 3.8) is 0 Å². The van der Waals surface area contributed by atoms with Gasteiger partial charge in [0.15, 0.2) is 0 Å². The van der Waals surface area contributed by atoms with Gasteiger partial charge < -0.3 is 10.2 Å². The number of carboxylic acids is 2. The second-order valence-electron chi connectivity index (χ2n) is 8.25. The van der Waals surface area contributed by atoms with Crippen LogP contribution in [0.25, 0.3) is 0 Å². The zero-order valence-corrected chi connectivity index (χ0v) is 15.8. The number of aromatic carboxylic acids is 2. The number of carboxylic acid groups (broad SMARTS) is 2. The molecule has 0 bridgehead atoms. The van der Waals surface area contributed by atoms with Gasteiger partial charge in [0.25, 0.3) is 0 Å². The van der Waals surface area contributed by atoms with Gasteiger partial charge in [0.1, 0.15) is 0 Å². The van der Waals surface area contributed by atoms with Gasteiger partial charge in [0, 0.05) is 5.41 Å². The molecule has 0 aliphatic heterocycles. The Morgan fingerprint density at radius 2 is 1.42 bits per heavy atom. The van der Waals surface area contributed by atoms with Gasteiger partial charge in [0.05, 0.1) is 11.1 Å². The molecule has 4 heteroatoms. The topological polar surface area (TPSA) is 74.6 Å². The van der Waals surface area contributed by atoms with E-state index in [0.717, 1.165) is 34.2 Å². The molecule has 0 amide bonds. The van der Waals surface area contributed by atoms with E-state index in [2.05, 4.69) is 20.8 Å². The van der Waals surface area contributed by atoms with E-state index in [1.807, 2.05) is 25.1 Å². The molecule has 0 saturated carbocycles. The fraction of sp³-hybridized carbons (Fsp3) is 0.364. The Balaban J connectivity index is 2.28. The van der Waals surface area contributed by atoms with Crippen LogP contribution < -0.4 is 0 Å². The molecule has 0 heterocycles. The lowest BCUT2D eigenvalue weighted by Crippen LogP contribution is -2.24. The Morgan fingerprint density at radius 3 is 2.00 bits per heavy atom. The second-order valence-corrected chi connectivity index (χ2v) is 8.25. The van der Waals surface area contributed by atoms with E-state index in [4.69, 9.17) is 0 Å². The average Bonchev–Trinajstić information content (AvgIpc) is 2.73. The summed E-state index contributed by atoms with van der Waals surface area (Å²) < 4.78 is 0. The first kappa shape index (κ1) is 18.2. The number of hydrogen-bond acceptors (Lipinski definition) is 2. The minimum absolute atomic E-state index is 0.125. The number of fused-ring (bicyclic) bond motifs is 1. The van der Waals surface area contributed by atoms with Gasteiger partial charge in [-0.05, 0) is 65.6 Å². The second kappa shape index (κ2) is 5.70. The van der Waals surface area contributed by atoms with Crippen molar-refractivity contribution in [2.75, 3.05) is 0 Å². The van der Waals surface area contributed by atoms with Crippen molar-refractivity contribution in [1.82, 2.24) is 0 Å². The molecule has 2 aromatic carbocycles. The molecule has 1 aliphatic carbocycles. The van der Waals surface area contributed by atoms with Crippen molar-refractivity contribution >= 4 is 11.9 Å². The summed E-state index contributed by atoms with van der Waals surface area (Å²) in [5, 5.41) is 19.0. The summed E-state index contributed by atoms with van der Waals surface area (Å²) in [6, 6.07) is 9.30. The van der Waals surface area contributed by atoms with Crippen LogP contribution in [0.2, 0.25) is 0 Å². The van der Waals surface area contributed by atoms with Crippen LogP contribution >= 0.6 is 0 Å². The molecule has 26 heavy (non-hydrogen) atoms. The van der Waals surface area contributed by atoms with E-state index in [9.17, 15) is 19.8 Å². The van der Waals surface area contributed by atoms with E-state index in [0.29, 0.717) is 11.1 Å². The molecule has 1 atom stereocenters. The molecular weight excluding hydrogens is 328 g/mol. The van der Waals surface area contributed by atoms with Gasteiger partial charge in [-0.1, -0.05) is 39.0 Å². The molecule has 1 unspecified atom stereocenters. The van der Waals surface area contributed by atoms with Crippen molar-refractivity contribution < 1.29 is 19.8 Å². The van der Waals surface area contributed by atoms with E-state index >= 15 is 0 Å². The first-order valence-electron chi connectivity index (χ1n) is 8.71. The molecule has 4 nitrogen and oxygen atoms in total. The molecule has 0 aromatic heterocycles. The van der Waals surface area contributed by atoms with Crippen LogP contribution in [0.15, 0.2) is 30.3 Å². The van der Waals surface area contributed by atoms with Crippen molar-refractivity contribution in [3.8, 4) is 0 Å². The Labute approximate surface area is 153 Å². The van der Waals surface area contributed by atoms with Gasteiger partial charge in [0.2, 0.25) is 0 Å². The monoisotopic (exact) mass is 352 g/mol. The van der Waals surface area contributed by atoms with Crippen molar-refractivity contribution in [2.45, 2.75) is 51.9 Å². The van der Waals surface area contributed by atoms with Crippen LogP contribution in [0.4, 0.5) is 0 Å². The summed E-state index contributed by atoms with van der Waals surface area (Å²) >= 11 is 0. The maximum atomic E-state index is 11.6. The average molecular weight is 352 g/mol. The molecular formula is C22H24O4. The Hall–Kier alpha value is -2.62. The van der Waals surface area contributed by atoms with Crippen LogP contribution in [0.5, 0.6) is 0 Å². The van der Waals surface area contributed by atoms with E-state index in [-0.39, 0.29) is 5.41 Å². The lowest BCUT2D eigenvalue weighted by Gasteiger charge is -2.29. The molecule has 0 fully saturated rings. The molecule has 0 radical (unpaired) electrons. The summed E-state index contributed by atoms with van der Waals surface area (Å²) in [4.78, 5) is 23.2. The van der Waals surface area contributed by atoms with Crippen molar-refractivity contribution in [3.05, 3.63) is 69.3 Å². The number of aryl methyl sites for hydroxylation is 2. The predicted octanol–water partition coefficient (Wildman–Crippen LogP) is 4.69. The van der Waals surface area contributed by atoms with Crippen molar-refractivity contribution in [2.24, 2.45) is 0 Å². The Bertz CT molecular complexity index is 939. The lowest BCUT2D eigenvalue weighted by atomic mass is 9.74. The number of carbonyl (C=O) groups is 2. The van der Waals surface area contributed by atoms with Crippen LogP contribution in [0, 0.1) is 13.8 Å². The molecule has 136 valence electrons. The minimum Gasteiger partial charge on any atom is -0.478 e. The third kappa shape index (κ3) is 2.61. The fourth-order valence-corrected chi connectivity index (χ4v) is 4.48. The normalized spacial score (nSPS) is 20.7. The fourth-order valence-electron chi connectivity index (χ4n) is 4.48. The summed E-state index contributed by atoms with van der Waals surface area (Å²) in [5.74, 6) is -1.88. The number of rotatable bonds is 3. The Morgan fingerprint density at radius 1 is 0.846 bits per heavy atom. The maximum absolute atomic E-state index is 11.6. The first-order valence-corrected chi connectivity index (χ1v) is 8.71. The Kier molecular flexibility index (Phi) is 3.98. The van der Waals surface area contributed by atoms with Crippen molar-refractivity contribution in [1.29, 1.82) is 0 Å². The highest BCUT2D eigenvalue weighted by atomic mass is 16.4. The zero-order chi connectivity index (χ0) is 19.4. The highest BCUT2D eigenvalue weighted by Gasteiger charge is 2.46. The van der Waals surface area contributed by atoms with Crippen LogP contribution in [-0.2, 0) is 10.8 Å². The van der Waals surface area contributed by atoms with Crippen LogP contribution in [0.3, 0.4) is 0 Å². The standard InChI is InChI=1S/C22H24O4/c1-12-6-7-14(9-15(12)19(23)24)22(5)11-21(3,4)17-8-13(2)16(20(25)26)10-18(17)22/h6-10H,11H2,1-5H3,(H,23,24)(H,25,26). The van der Waals surface area contributed by atoms with Gasteiger partial charge in [-0.3, -0.25) is 0 Å². The number of benzene rings is 2. The van der Waals surface area contributed by atoms with Gasteiger partial charge in [-0.2, -0.15) is 0 Å². The molecule has 3 rings (SSSR count). The third-order valence-electron chi connectivity index (χ3n) is 5.82. The highest BCUT2D eigenvalue weighted by molar-refractivity contribution is 5.91. The quantitative estimate of drug-likeness (QED) is 0.840. The summed E-state index contributed by atoms with van der Waals surface area (Å²) in [5.41, 5.74) is 4.53. The molecule has 1 aliphatic rings. The first-order chi connectivity index (χ1) is 12.0. The maximum Gasteiger partial charge on any atom is 0.335 e. The molecule has 0 spiro atoms. The van der Waals surface area contributed by atoms with Gasteiger partial charge >= 0.3 is 11.9 Å². The number of hydrogen-bond donors (Lipinski definition) is 2. The SMILES string of the molecule is Cc1ccc(C2(C)CC(C)(C)c3cc(C)c(C(=O)O)cc32)cc1C(=O)O. The molecule has 0 saturated heterocycles. The summed E-state index contributed by atoms with van der Waals surface area (Å²) in [6.07, 6.45) is 0.792. The summed E-state index contributed by atoms with van der Waals surface area (Å²) in [6.45, 7) is 10.0. The van der Waals surface area contributed by atoms with Crippen LogP contribution in [0.1, 0.15) is 75.7 Å². The molecule has 2 N–H and O–H groups in total. The van der Waals surface area contributed by atoms with Gasteiger partial charge in [-0.25, -0.2) is 9.59 Å². The third-order valence-corrected chi connectivity index (χ3v) is 5.82. The highest BCUT2D eigenvalue weighted by Crippen LogP contribution is 2.53. The van der Waals surface area contributed by atoms with E-state index < -0.39 is 17.4 Å². The smallest absolute Gasteiger partial charge is 0.335 e. The van der Waals surface area contributed by atoms with Crippen LogP contribution in [-0.4, -0.2) is 22.2 Å².